The van der Waals surface area contributed by atoms with E-state index in [9.17, 15) is 9.59 Å². The molecule has 0 unspecified atom stereocenters. The van der Waals surface area contributed by atoms with E-state index < -0.39 is 23.0 Å². The van der Waals surface area contributed by atoms with Crippen LogP contribution in [0.1, 0.15) is 40.5 Å². The topological polar surface area (TPSA) is 95.4 Å². The van der Waals surface area contributed by atoms with E-state index in [1.54, 1.807) is 20.8 Å². The number of esters is 1. The summed E-state index contributed by atoms with van der Waals surface area (Å²) in [5.41, 5.74) is 8.97. The Morgan fingerprint density at radius 3 is 2.00 bits per heavy atom. The second kappa shape index (κ2) is 4.61. The zero-order valence-corrected chi connectivity index (χ0v) is 9.79. The van der Waals surface area contributed by atoms with Gasteiger partial charge in [0.25, 0.3) is 0 Å². The van der Waals surface area contributed by atoms with Gasteiger partial charge < -0.3 is 16.2 Å². The molecule has 0 radical (unpaired) electrons. The van der Waals surface area contributed by atoms with Crippen LogP contribution in [0.4, 0.5) is 0 Å². The number of carbonyl (C=O) groups excluding carboxylic acids is 2. The number of hydrogen-bond acceptors (Lipinski definition) is 4. The van der Waals surface area contributed by atoms with Crippen LogP contribution in [0, 0.1) is 0 Å². The van der Waals surface area contributed by atoms with Crippen molar-refractivity contribution in [3.8, 4) is 0 Å². The highest BCUT2D eigenvalue weighted by atomic mass is 16.6. The summed E-state index contributed by atoms with van der Waals surface area (Å²) in [6, 6.07) is 0. The van der Waals surface area contributed by atoms with Crippen LogP contribution in [-0.4, -0.2) is 23.0 Å². The number of rotatable bonds is 4. The van der Waals surface area contributed by atoms with Crippen LogP contribution in [0.5, 0.6) is 0 Å². The lowest BCUT2D eigenvalue weighted by molar-refractivity contribution is -0.161. The maximum atomic E-state index is 11.6. The molecule has 1 atom stereocenters. The highest BCUT2D eigenvalue weighted by molar-refractivity contribution is 5.82. The van der Waals surface area contributed by atoms with E-state index in [-0.39, 0.29) is 12.8 Å². The van der Waals surface area contributed by atoms with Crippen LogP contribution >= 0.6 is 0 Å². The molecule has 0 aliphatic heterocycles. The summed E-state index contributed by atoms with van der Waals surface area (Å²) in [5.74, 6) is -0.994. The molecule has 0 aliphatic rings. The Morgan fingerprint density at radius 1 is 1.20 bits per heavy atom. The zero-order valence-electron chi connectivity index (χ0n) is 9.79. The largest absolute Gasteiger partial charge is 0.459 e. The standard InChI is InChI=1S/C10H20N2O3/c1-9(2,3)15-8(14)10(4,12)6-5-7(11)13/h5-6,12H2,1-4H3,(H2,11,13)/t10-/m0/s1. The highest BCUT2D eigenvalue weighted by Gasteiger charge is 2.33. The molecule has 15 heavy (non-hydrogen) atoms. The van der Waals surface area contributed by atoms with Gasteiger partial charge >= 0.3 is 5.97 Å². The van der Waals surface area contributed by atoms with E-state index >= 15 is 0 Å². The first-order valence-electron chi connectivity index (χ1n) is 4.85. The molecule has 0 saturated carbocycles. The number of hydrogen-bond donors (Lipinski definition) is 2. The molecular weight excluding hydrogens is 196 g/mol. The minimum absolute atomic E-state index is 0.0756. The Morgan fingerprint density at radius 2 is 1.67 bits per heavy atom. The molecule has 0 aromatic carbocycles. The fourth-order valence-electron chi connectivity index (χ4n) is 0.880. The molecule has 0 rings (SSSR count). The molecule has 1 amide bonds. The molecule has 5 nitrogen and oxygen atoms in total. The van der Waals surface area contributed by atoms with Gasteiger partial charge in [-0.25, -0.2) is 0 Å². The van der Waals surface area contributed by atoms with Crippen LogP contribution < -0.4 is 11.5 Å². The molecule has 0 aromatic heterocycles. The van der Waals surface area contributed by atoms with Crippen LogP contribution in [0.25, 0.3) is 0 Å². The van der Waals surface area contributed by atoms with Crippen molar-refractivity contribution in [2.45, 2.75) is 51.7 Å². The lowest BCUT2D eigenvalue weighted by atomic mass is 9.97. The van der Waals surface area contributed by atoms with Gasteiger partial charge in [-0.05, 0) is 34.1 Å². The van der Waals surface area contributed by atoms with Crippen molar-refractivity contribution in [1.82, 2.24) is 0 Å². The van der Waals surface area contributed by atoms with E-state index in [0.717, 1.165) is 0 Å². The van der Waals surface area contributed by atoms with Gasteiger partial charge in [0, 0.05) is 6.42 Å². The molecule has 0 bridgehead atoms. The summed E-state index contributed by atoms with van der Waals surface area (Å²) < 4.78 is 5.12. The maximum Gasteiger partial charge on any atom is 0.326 e. The summed E-state index contributed by atoms with van der Waals surface area (Å²) in [7, 11) is 0. The SMILES string of the molecule is CC(C)(C)OC(=O)[C@@](C)(N)CCC(N)=O. The third-order valence-corrected chi connectivity index (χ3v) is 1.76. The van der Waals surface area contributed by atoms with Gasteiger partial charge in [-0.15, -0.1) is 0 Å². The summed E-state index contributed by atoms with van der Waals surface area (Å²) in [4.78, 5) is 22.2. The quantitative estimate of drug-likeness (QED) is 0.661. The number of primary amides is 1. The minimum atomic E-state index is -1.16. The summed E-state index contributed by atoms with van der Waals surface area (Å²) in [6.07, 6.45) is 0.267. The van der Waals surface area contributed by atoms with Crippen LogP contribution in [0.3, 0.4) is 0 Å². The van der Waals surface area contributed by atoms with Gasteiger partial charge in [0.05, 0.1) is 0 Å². The maximum absolute atomic E-state index is 11.6. The molecule has 0 aromatic rings. The van der Waals surface area contributed by atoms with E-state index in [2.05, 4.69) is 0 Å². The van der Waals surface area contributed by atoms with Gasteiger partial charge in [-0.1, -0.05) is 0 Å². The minimum Gasteiger partial charge on any atom is -0.459 e. The van der Waals surface area contributed by atoms with E-state index in [4.69, 9.17) is 16.2 Å². The zero-order chi connectivity index (χ0) is 12.3. The Labute approximate surface area is 90.1 Å². The normalized spacial score (nSPS) is 15.5. The number of carbonyl (C=O) groups is 2. The average Bonchev–Trinajstić information content (AvgIpc) is 1.97. The Hall–Kier alpha value is -1.10. The smallest absolute Gasteiger partial charge is 0.326 e. The van der Waals surface area contributed by atoms with E-state index in [0.29, 0.717) is 0 Å². The number of nitrogens with two attached hydrogens (primary N) is 2. The second-order valence-electron chi connectivity index (χ2n) is 4.89. The molecule has 0 fully saturated rings. The number of ether oxygens (including phenoxy) is 1. The second-order valence-corrected chi connectivity index (χ2v) is 4.89. The van der Waals surface area contributed by atoms with Crippen molar-refractivity contribution in [1.29, 1.82) is 0 Å². The van der Waals surface area contributed by atoms with Crippen LogP contribution in [0.2, 0.25) is 0 Å². The summed E-state index contributed by atoms with van der Waals surface area (Å²) >= 11 is 0. The summed E-state index contributed by atoms with van der Waals surface area (Å²) in [5, 5.41) is 0. The highest BCUT2D eigenvalue weighted by Crippen LogP contribution is 2.16. The lowest BCUT2D eigenvalue weighted by Gasteiger charge is -2.27. The molecule has 88 valence electrons. The molecular formula is C10H20N2O3. The van der Waals surface area contributed by atoms with Crippen molar-refractivity contribution < 1.29 is 14.3 Å². The van der Waals surface area contributed by atoms with Crippen molar-refractivity contribution in [2.75, 3.05) is 0 Å². The monoisotopic (exact) mass is 216 g/mol. The Kier molecular flexibility index (Phi) is 4.27. The summed E-state index contributed by atoms with van der Waals surface area (Å²) in [6.45, 7) is 6.81. The Bertz CT molecular complexity index is 254. The predicted molar refractivity (Wildman–Crippen MR) is 56.9 cm³/mol. The first-order chi connectivity index (χ1) is 6.54. The van der Waals surface area contributed by atoms with Gasteiger partial charge in [-0.3, -0.25) is 9.59 Å². The van der Waals surface area contributed by atoms with Gasteiger partial charge in [0.2, 0.25) is 5.91 Å². The average molecular weight is 216 g/mol. The van der Waals surface area contributed by atoms with Gasteiger partial charge in [0.15, 0.2) is 0 Å². The van der Waals surface area contributed by atoms with Crippen molar-refractivity contribution >= 4 is 11.9 Å². The molecule has 0 spiro atoms. The van der Waals surface area contributed by atoms with Crippen LogP contribution in [0.15, 0.2) is 0 Å². The van der Waals surface area contributed by atoms with Crippen LogP contribution in [-0.2, 0) is 14.3 Å². The first-order valence-corrected chi connectivity index (χ1v) is 4.85. The molecule has 5 heteroatoms. The fraction of sp³-hybridized carbons (Fsp3) is 0.800. The van der Waals surface area contributed by atoms with E-state index in [1.165, 1.54) is 6.92 Å². The molecule has 0 aliphatic carbocycles. The van der Waals surface area contributed by atoms with Crippen molar-refractivity contribution in [3.05, 3.63) is 0 Å². The first kappa shape index (κ1) is 13.9. The third-order valence-electron chi connectivity index (χ3n) is 1.76. The van der Waals surface area contributed by atoms with Crippen molar-refractivity contribution in [3.63, 3.8) is 0 Å². The van der Waals surface area contributed by atoms with Crippen molar-refractivity contribution in [2.24, 2.45) is 11.5 Å². The lowest BCUT2D eigenvalue weighted by Crippen LogP contribution is -2.49. The molecule has 0 heterocycles. The molecule has 0 saturated heterocycles. The van der Waals surface area contributed by atoms with E-state index in [1.807, 2.05) is 0 Å². The number of amides is 1. The predicted octanol–water partition coefficient (Wildman–Crippen LogP) is 0.311. The Balaban J connectivity index is 4.32. The molecule has 4 N–H and O–H groups in total. The van der Waals surface area contributed by atoms with Gasteiger partial charge in [0.1, 0.15) is 11.1 Å². The van der Waals surface area contributed by atoms with Gasteiger partial charge in [-0.2, -0.15) is 0 Å². The third kappa shape index (κ3) is 6.06. The fourth-order valence-corrected chi connectivity index (χ4v) is 0.880.